The van der Waals surface area contributed by atoms with Crippen molar-refractivity contribution in [3.05, 3.63) is 24.7 Å². The van der Waals surface area contributed by atoms with Crippen molar-refractivity contribution >= 4 is 5.97 Å². The quantitative estimate of drug-likeness (QED) is 0.337. The molecule has 0 atom stereocenters. The van der Waals surface area contributed by atoms with E-state index in [0.29, 0.717) is 0 Å². The molecule has 0 N–H and O–H groups in total. The first-order valence-corrected chi connectivity index (χ1v) is 2.78. The number of carbonyl (C=O) groups is 1. The Morgan fingerprint density at radius 3 is 2.50 bits per heavy atom. The van der Waals surface area contributed by atoms with Gasteiger partial charge in [0.1, 0.15) is 0 Å². The second kappa shape index (κ2) is 4.61. The molecule has 0 radical (unpaired) electrons. The molecule has 0 aromatic rings. The molecule has 0 aromatic heterocycles. The summed E-state index contributed by atoms with van der Waals surface area (Å²) < 4.78 is 9.07. The summed E-state index contributed by atoms with van der Waals surface area (Å²) >= 11 is 0. The van der Waals surface area contributed by atoms with Gasteiger partial charge in [0.15, 0.2) is 0 Å². The first kappa shape index (κ1) is 8.75. The minimum atomic E-state index is -0.498. The van der Waals surface area contributed by atoms with E-state index in [-0.39, 0.29) is 5.76 Å². The van der Waals surface area contributed by atoms with Crippen LogP contribution in [0.15, 0.2) is 24.7 Å². The Bertz CT molecular complexity index is 158. The summed E-state index contributed by atoms with van der Waals surface area (Å²) in [6.45, 7) is 4.97. The molecule has 3 heteroatoms. The average Bonchev–Trinajstić information content (AvgIpc) is 1.99. The molecule has 0 aromatic carbocycles. The van der Waals surface area contributed by atoms with Crippen molar-refractivity contribution in [1.29, 1.82) is 0 Å². The lowest BCUT2D eigenvalue weighted by atomic mass is 10.5. The van der Waals surface area contributed by atoms with Gasteiger partial charge >= 0.3 is 5.97 Å². The molecule has 0 aliphatic carbocycles. The second-order valence-electron chi connectivity index (χ2n) is 1.43. The predicted molar refractivity (Wildman–Crippen MR) is 37.1 cm³/mol. The first-order valence-electron chi connectivity index (χ1n) is 2.78. The molecule has 0 aliphatic heterocycles. The fourth-order valence-corrected chi connectivity index (χ4v) is 0.424. The van der Waals surface area contributed by atoms with E-state index in [4.69, 9.17) is 4.74 Å². The van der Waals surface area contributed by atoms with Gasteiger partial charge in [0.2, 0.25) is 5.76 Å². The van der Waals surface area contributed by atoms with Crippen molar-refractivity contribution in [3.63, 3.8) is 0 Å². The second-order valence-corrected chi connectivity index (χ2v) is 1.43. The van der Waals surface area contributed by atoms with E-state index in [2.05, 4.69) is 11.3 Å². The lowest BCUT2D eigenvalue weighted by molar-refractivity contribution is -0.139. The number of allylic oxidation sites excluding steroid dienone is 1. The number of rotatable bonds is 3. The smallest absolute Gasteiger partial charge is 0.373 e. The van der Waals surface area contributed by atoms with Gasteiger partial charge < -0.3 is 9.47 Å². The van der Waals surface area contributed by atoms with Crippen LogP contribution in [0.3, 0.4) is 0 Å². The number of ether oxygens (including phenoxy) is 2. The summed E-state index contributed by atoms with van der Waals surface area (Å²) in [5.41, 5.74) is 0. The SMILES string of the molecule is C=CO/C(=C\C)C(=O)OC. The largest absolute Gasteiger partial charge is 0.463 e. The Morgan fingerprint density at radius 1 is 1.60 bits per heavy atom. The van der Waals surface area contributed by atoms with Crippen LogP contribution in [0, 0.1) is 0 Å². The van der Waals surface area contributed by atoms with E-state index in [1.54, 1.807) is 6.92 Å². The zero-order valence-electron chi connectivity index (χ0n) is 6.09. The Balaban J connectivity index is 4.08. The molecule has 0 rings (SSSR count). The zero-order valence-corrected chi connectivity index (χ0v) is 6.09. The number of esters is 1. The Kier molecular flexibility index (Phi) is 4.04. The molecule has 0 fully saturated rings. The minimum Gasteiger partial charge on any atom is -0.463 e. The third-order valence-electron chi connectivity index (χ3n) is 0.859. The van der Waals surface area contributed by atoms with E-state index in [0.717, 1.165) is 0 Å². The van der Waals surface area contributed by atoms with Crippen LogP contribution in [0.4, 0.5) is 0 Å². The third kappa shape index (κ3) is 2.35. The van der Waals surface area contributed by atoms with Gasteiger partial charge in [-0.05, 0) is 13.0 Å². The Hall–Kier alpha value is -1.25. The van der Waals surface area contributed by atoms with Crippen LogP contribution in [-0.2, 0) is 14.3 Å². The highest BCUT2D eigenvalue weighted by atomic mass is 16.6. The van der Waals surface area contributed by atoms with E-state index >= 15 is 0 Å². The summed E-state index contributed by atoms with van der Waals surface area (Å²) in [4.78, 5) is 10.7. The van der Waals surface area contributed by atoms with E-state index in [1.807, 2.05) is 0 Å². The zero-order chi connectivity index (χ0) is 7.98. The van der Waals surface area contributed by atoms with Gasteiger partial charge in [0.05, 0.1) is 13.4 Å². The lowest BCUT2D eigenvalue weighted by Crippen LogP contribution is -2.05. The average molecular weight is 142 g/mol. The minimum absolute atomic E-state index is 0.150. The van der Waals surface area contributed by atoms with Gasteiger partial charge in [-0.3, -0.25) is 0 Å². The fraction of sp³-hybridized carbons (Fsp3) is 0.286. The predicted octanol–water partition coefficient (Wildman–Crippen LogP) is 1.22. The molecular weight excluding hydrogens is 132 g/mol. The molecular formula is C7H10O3. The van der Waals surface area contributed by atoms with Crippen LogP contribution >= 0.6 is 0 Å². The van der Waals surface area contributed by atoms with Crippen molar-refractivity contribution < 1.29 is 14.3 Å². The number of hydrogen-bond acceptors (Lipinski definition) is 3. The Morgan fingerprint density at radius 2 is 2.20 bits per heavy atom. The standard InChI is InChI=1S/C7H10O3/c1-4-6(10-5-2)7(8)9-3/h4-5H,2H2,1,3H3/b6-4-. The van der Waals surface area contributed by atoms with Crippen LogP contribution < -0.4 is 0 Å². The van der Waals surface area contributed by atoms with Crippen LogP contribution in [0.25, 0.3) is 0 Å². The highest BCUT2D eigenvalue weighted by Crippen LogP contribution is 1.98. The van der Waals surface area contributed by atoms with E-state index in [9.17, 15) is 4.79 Å². The fourth-order valence-electron chi connectivity index (χ4n) is 0.424. The molecule has 10 heavy (non-hydrogen) atoms. The summed E-state index contributed by atoms with van der Waals surface area (Å²) in [6, 6.07) is 0. The molecule has 0 unspecified atom stereocenters. The monoisotopic (exact) mass is 142 g/mol. The maximum Gasteiger partial charge on any atom is 0.373 e. The van der Waals surface area contributed by atoms with Crippen molar-refractivity contribution in [1.82, 2.24) is 0 Å². The molecule has 0 amide bonds. The van der Waals surface area contributed by atoms with Gasteiger partial charge in [-0.15, -0.1) is 0 Å². The topological polar surface area (TPSA) is 35.5 Å². The van der Waals surface area contributed by atoms with Crippen LogP contribution in [0.1, 0.15) is 6.92 Å². The molecule has 0 spiro atoms. The molecule has 3 nitrogen and oxygen atoms in total. The highest BCUT2D eigenvalue weighted by molar-refractivity contribution is 5.86. The van der Waals surface area contributed by atoms with Crippen LogP contribution in [0.2, 0.25) is 0 Å². The molecule has 0 heterocycles. The normalized spacial score (nSPS) is 10.4. The maximum atomic E-state index is 10.7. The van der Waals surface area contributed by atoms with Crippen molar-refractivity contribution in [2.45, 2.75) is 6.92 Å². The van der Waals surface area contributed by atoms with Crippen LogP contribution in [-0.4, -0.2) is 13.1 Å². The number of hydrogen-bond donors (Lipinski definition) is 0. The molecule has 0 saturated heterocycles. The molecule has 56 valence electrons. The maximum absolute atomic E-state index is 10.7. The van der Waals surface area contributed by atoms with Gasteiger partial charge in [-0.25, -0.2) is 4.79 Å². The molecule has 0 aliphatic rings. The number of carbonyl (C=O) groups excluding carboxylic acids is 1. The number of methoxy groups -OCH3 is 1. The summed E-state index contributed by atoms with van der Waals surface area (Å²) in [7, 11) is 1.29. The summed E-state index contributed by atoms with van der Waals surface area (Å²) in [6.07, 6.45) is 2.68. The molecule has 0 bridgehead atoms. The third-order valence-corrected chi connectivity index (χ3v) is 0.859. The van der Waals surface area contributed by atoms with Gasteiger partial charge in [0.25, 0.3) is 0 Å². The Labute approximate surface area is 59.9 Å². The van der Waals surface area contributed by atoms with E-state index in [1.165, 1.54) is 19.4 Å². The summed E-state index contributed by atoms with van der Waals surface area (Å²) in [5, 5.41) is 0. The lowest BCUT2D eigenvalue weighted by Gasteiger charge is -2.00. The van der Waals surface area contributed by atoms with Crippen molar-refractivity contribution in [3.8, 4) is 0 Å². The first-order chi connectivity index (χ1) is 4.76. The van der Waals surface area contributed by atoms with Crippen molar-refractivity contribution in [2.24, 2.45) is 0 Å². The highest BCUT2D eigenvalue weighted by Gasteiger charge is 2.06. The van der Waals surface area contributed by atoms with Gasteiger partial charge in [0, 0.05) is 0 Å². The van der Waals surface area contributed by atoms with Crippen molar-refractivity contribution in [2.75, 3.05) is 7.11 Å². The van der Waals surface area contributed by atoms with Crippen LogP contribution in [0.5, 0.6) is 0 Å². The van der Waals surface area contributed by atoms with Gasteiger partial charge in [-0.2, -0.15) is 0 Å². The van der Waals surface area contributed by atoms with Gasteiger partial charge in [-0.1, -0.05) is 6.58 Å². The summed E-state index contributed by atoms with van der Waals surface area (Å²) in [5.74, 6) is -0.347. The van der Waals surface area contributed by atoms with E-state index < -0.39 is 5.97 Å². The molecule has 0 saturated carbocycles.